The van der Waals surface area contributed by atoms with E-state index in [0.717, 1.165) is 0 Å². The van der Waals surface area contributed by atoms with E-state index in [4.69, 9.17) is 7.85 Å². The second-order valence-corrected chi connectivity index (χ2v) is 7.71. The molecular weight excluding hydrogens is 382 g/mol. The first-order chi connectivity index (χ1) is 15.0. The molecule has 4 rings (SSSR count). The molecule has 0 aliphatic heterocycles. The molecule has 0 N–H and O–H groups in total. The summed E-state index contributed by atoms with van der Waals surface area (Å²) in [5.74, 6) is -1.61. The maximum absolute atomic E-state index is 14.3. The lowest BCUT2D eigenvalue weighted by Gasteiger charge is -2.29. The minimum absolute atomic E-state index is 0.160. The molecule has 4 heteroatoms. The Hall–Kier alpha value is -3.14. The maximum Gasteiger partial charge on any atom is 0.212 e. The highest BCUT2D eigenvalue weighted by Gasteiger charge is 2.34. The topological polar surface area (TPSA) is 17.8 Å². The summed E-state index contributed by atoms with van der Waals surface area (Å²) >= 11 is 0. The number of rotatable bonds is 4. The summed E-state index contributed by atoms with van der Waals surface area (Å²) in [6.07, 6.45) is 14.4. The monoisotopic (exact) mass is 410 g/mol. The van der Waals surface area contributed by atoms with Crippen molar-refractivity contribution in [2.75, 3.05) is 0 Å². The molecule has 0 spiro atoms. The van der Waals surface area contributed by atoms with E-state index in [2.05, 4.69) is 73.4 Å². The molecule has 156 valence electrons. The molecule has 0 amide bonds. The van der Waals surface area contributed by atoms with Crippen LogP contribution < -0.4 is 0 Å². The molecule has 0 fully saturated rings. The lowest BCUT2D eigenvalue weighted by atomic mass is 9.89. The summed E-state index contributed by atoms with van der Waals surface area (Å²) in [4.78, 5) is 3.84. The first-order valence-corrected chi connectivity index (χ1v) is 10.5. The predicted octanol–water partition coefficient (Wildman–Crippen LogP) is 6.59. The van der Waals surface area contributed by atoms with Gasteiger partial charge in [-0.1, -0.05) is 86.1 Å². The molecule has 0 bridgehead atoms. The summed E-state index contributed by atoms with van der Waals surface area (Å²) < 4.78 is 15.8. The molecule has 2 aromatic carbocycles. The van der Waals surface area contributed by atoms with Gasteiger partial charge >= 0.3 is 0 Å². The van der Waals surface area contributed by atoms with Crippen LogP contribution in [0.3, 0.4) is 0 Å². The van der Waals surface area contributed by atoms with Crippen molar-refractivity contribution in [3.05, 3.63) is 120 Å². The van der Waals surface area contributed by atoms with E-state index < -0.39 is 5.79 Å². The Morgan fingerprint density at radius 3 is 2.16 bits per heavy atom. The van der Waals surface area contributed by atoms with Crippen molar-refractivity contribution in [3.63, 3.8) is 0 Å². The lowest BCUT2D eigenvalue weighted by Crippen LogP contribution is -2.32. The van der Waals surface area contributed by atoms with E-state index in [1.54, 1.807) is 24.5 Å². The smallest absolute Gasteiger partial charge is 0.212 e. The Kier molecular flexibility index (Phi) is 7.46. The average molecular weight is 410 g/mol. The van der Waals surface area contributed by atoms with E-state index in [1.165, 1.54) is 38.7 Å². The molecule has 2 nitrogen and oxygen atoms in total. The van der Waals surface area contributed by atoms with E-state index in [-0.39, 0.29) is 5.92 Å². The van der Waals surface area contributed by atoms with Gasteiger partial charge in [-0.15, -0.1) is 0 Å². The zero-order valence-corrected chi connectivity index (χ0v) is 18.4. The first-order valence-electron chi connectivity index (χ1n) is 10.5. The molecule has 2 atom stereocenters. The highest BCUT2D eigenvalue weighted by molar-refractivity contribution is 6.10. The largest absolute Gasteiger partial charge is 0.300 e. The minimum Gasteiger partial charge on any atom is -0.300 e. The fourth-order valence-corrected chi connectivity index (χ4v) is 3.72. The molecule has 1 heterocycles. The van der Waals surface area contributed by atoms with Crippen LogP contribution in [0, 0.1) is 19.8 Å². The van der Waals surface area contributed by atoms with Crippen molar-refractivity contribution in [3.8, 4) is 0 Å². The van der Waals surface area contributed by atoms with Gasteiger partial charge < -0.3 is 4.57 Å². The third-order valence-corrected chi connectivity index (χ3v) is 5.57. The standard InChI is InChI=1S/C17H17B.C10H11FN2/c1-13-7-3-5-9-15(13)17(11-12-18)16-10-6-4-8-14(16)2;1-9-4-2-3-5-10(9,11)13-7-6-12-8-13/h3-11H,12H2,1-2H3;2-9H,1H3. The van der Waals surface area contributed by atoms with Crippen LogP contribution in [0.25, 0.3) is 5.57 Å². The molecule has 0 saturated carbocycles. The van der Waals surface area contributed by atoms with Gasteiger partial charge in [-0.05, 0) is 47.8 Å². The van der Waals surface area contributed by atoms with Gasteiger partial charge in [0.15, 0.2) is 0 Å². The molecule has 31 heavy (non-hydrogen) atoms. The fourth-order valence-electron chi connectivity index (χ4n) is 3.72. The number of aromatic nitrogens is 2. The predicted molar refractivity (Wildman–Crippen MR) is 129 cm³/mol. The van der Waals surface area contributed by atoms with Gasteiger partial charge in [0.1, 0.15) is 0 Å². The SMILES string of the molecule is CC1C=CC=CC1(F)n1ccnc1.[B]CC=C(c1ccccc1C)c1ccccc1C. The number of aryl methyl sites for hydroxylation is 2. The fraction of sp³-hybridized carbons (Fsp3) is 0.222. The summed E-state index contributed by atoms with van der Waals surface area (Å²) in [6, 6.07) is 16.9. The van der Waals surface area contributed by atoms with Gasteiger partial charge in [0, 0.05) is 18.3 Å². The Labute approximate surface area is 186 Å². The lowest BCUT2D eigenvalue weighted by molar-refractivity contribution is 0.0840. The van der Waals surface area contributed by atoms with Gasteiger partial charge in [-0.2, -0.15) is 0 Å². The zero-order chi connectivity index (χ0) is 22.3. The summed E-state index contributed by atoms with van der Waals surface area (Å²) in [5.41, 5.74) is 6.31. The third kappa shape index (κ3) is 5.14. The number of allylic oxidation sites excluding steroid dienone is 5. The summed E-state index contributed by atoms with van der Waals surface area (Å²) in [5, 5.41) is 0. The Morgan fingerprint density at radius 1 is 1.06 bits per heavy atom. The van der Waals surface area contributed by atoms with Gasteiger partial charge in [0.05, 0.1) is 14.2 Å². The normalized spacial score (nSPS) is 19.4. The van der Waals surface area contributed by atoms with Crippen LogP contribution in [0.15, 0.2) is 97.6 Å². The van der Waals surface area contributed by atoms with Crippen molar-refractivity contribution in [2.24, 2.45) is 5.92 Å². The number of hydrogen-bond acceptors (Lipinski definition) is 1. The van der Waals surface area contributed by atoms with Gasteiger partial charge in [-0.25, -0.2) is 9.37 Å². The van der Waals surface area contributed by atoms with Gasteiger partial charge in [0.2, 0.25) is 5.79 Å². The van der Waals surface area contributed by atoms with Crippen molar-refractivity contribution in [1.29, 1.82) is 0 Å². The number of hydrogen-bond donors (Lipinski definition) is 0. The minimum atomic E-state index is -1.45. The van der Waals surface area contributed by atoms with Crippen LogP contribution in [0.2, 0.25) is 6.32 Å². The summed E-state index contributed by atoms with van der Waals surface area (Å²) in [6.45, 7) is 6.12. The highest BCUT2D eigenvalue weighted by Crippen LogP contribution is 2.33. The molecule has 3 aromatic rings. The van der Waals surface area contributed by atoms with Crippen molar-refractivity contribution in [2.45, 2.75) is 32.9 Å². The Morgan fingerprint density at radius 2 is 1.68 bits per heavy atom. The van der Waals surface area contributed by atoms with Crippen molar-refractivity contribution >= 4 is 13.4 Å². The van der Waals surface area contributed by atoms with Gasteiger partial charge in [0.25, 0.3) is 0 Å². The van der Waals surface area contributed by atoms with Crippen LogP contribution in [0.1, 0.15) is 29.2 Å². The second-order valence-electron chi connectivity index (χ2n) is 7.71. The average Bonchev–Trinajstić information content (AvgIpc) is 3.32. The van der Waals surface area contributed by atoms with Crippen LogP contribution in [0.4, 0.5) is 4.39 Å². The molecule has 2 unspecified atom stereocenters. The second kappa shape index (κ2) is 10.3. The number of alkyl halides is 1. The van der Waals surface area contributed by atoms with Crippen molar-refractivity contribution < 1.29 is 4.39 Å². The van der Waals surface area contributed by atoms with E-state index >= 15 is 0 Å². The number of halogens is 1. The van der Waals surface area contributed by atoms with Crippen LogP contribution in [-0.2, 0) is 5.79 Å². The van der Waals surface area contributed by atoms with Crippen molar-refractivity contribution in [1.82, 2.24) is 9.55 Å². The van der Waals surface area contributed by atoms with Crippen LogP contribution >= 0.6 is 0 Å². The van der Waals surface area contributed by atoms with Crippen LogP contribution in [-0.4, -0.2) is 17.4 Å². The zero-order valence-electron chi connectivity index (χ0n) is 18.4. The third-order valence-electron chi connectivity index (χ3n) is 5.57. The Balaban J connectivity index is 0.000000185. The number of nitrogens with zero attached hydrogens (tertiary/aromatic N) is 2. The summed E-state index contributed by atoms with van der Waals surface area (Å²) in [7, 11) is 5.73. The Bertz CT molecular complexity index is 1030. The number of imidazole rings is 1. The van der Waals surface area contributed by atoms with E-state index in [9.17, 15) is 4.39 Å². The highest BCUT2D eigenvalue weighted by atomic mass is 19.1. The molecule has 1 aliphatic carbocycles. The first kappa shape index (κ1) is 22.5. The maximum atomic E-state index is 14.3. The van der Waals surface area contributed by atoms with Gasteiger partial charge in [-0.3, -0.25) is 0 Å². The van der Waals surface area contributed by atoms with E-state index in [1.807, 2.05) is 19.1 Å². The van der Waals surface area contributed by atoms with Crippen LogP contribution in [0.5, 0.6) is 0 Å². The molecule has 1 aromatic heterocycles. The molecule has 2 radical (unpaired) electrons. The molecular formula is C27H28BFN2. The molecule has 0 saturated heterocycles. The quantitative estimate of drug-likeness (QED) is 0.444. The molecule has 1 aliphatic rings. The number of benzene rings is 2. The van der Waals surface area contributed by atoms with E-state index in [0.29, 0.717) is 6.32 Å².